The normalized spacial score (nSPS) is 11.5. The van der Waals surface area contributed by atoms with Gasteiger partial charge in [0.1, 0.15) is 0 Å². The Labute approximate surface area is 159 Å². The molecule has 0 saturated heterocycles. The zero-order chi connectivity index (χ0) is 18.8. The van der Waals surface area contributed by atoms with Crippen LogP contribution in [0, 0.1) is 0 Å². The first-order chi connectivity index (χ1) is 13.2. The van der Waals surface area contributed by atoms with Gasteiger partial charge in [0, 0.05) is 23.3 Å². The predicted molar refractivity (Wildman–Crippen MR) is 112 cm³/mol. The molecule has 0 N–H and O–H groups in total. The van der Waals surface area contributed by atoms with Crippen LogP contribution >= 0.6 is 0 Å². The van der Waals surface area contributed by atoms with Crippen molar-refractivity contribution in [1.29, 1.82) is 0 Å². The molecule has 0 radical (unpaired) electrons. The summed E-state index contributed by atoms with van der Waals surface area (Å²) in [7, 11) is 2.03. The van der Waals surface area contributed by atoms with E-state index in [4.69, 9.17) is 4.74 Å². The van der Waals surface area contributed by atoms with E-state index in [0.29, 0.717) is 12.2 Å². The Bertz CT molecular complexity index is 1120. The molecule has 0 unspecified atom stereocenters. The first kappa shape index (κ1) is 17.6. The highest BCUT2D eigenvalue weighted by atomic mass is 16.5. The van der Waals surface area contributed by atoms with E-state index in [-0.39, 0.29) is 5.97 Å². The fraction of sp³-hybridized carbons (Fsp3) is 0.292. The van der Waals surface area contributed by atoms with Gasteiger partial charge in [-0.25, -0.2) is 4.79 Å². The third-order valence-corrected chi connectivity index (χ3v) is 5.34. The predicted octanol–water partition coefficient (Wildman–Crippen LogP) is 6.22. The molecule has 4 rings (SSSR count). The van der Waals surface area contributed by atoms with E-state index in [2.05, 4.69) is 47.9 Å². The van der Waals surface area contributed by atoms with Gasteiger partial charge in [-0.2, -0.15) is 0 Å². The Balaban J connectivity index is 1.85. The van der Waals surface area contributed by atoms with Crippen LogP contribution in [0.2, 0.25) is 0 Å². The van der Waals surface area contributed by atoms with E-state index in [9.17, 15) is 4.79 Å². The fourth-order valence-electron chi connectivity index (χ4n) is 3.98. The molecule has 3 heteroatoms. The number of hydrogen-bond donors (Lipinski definition) is 0. The number of rotatable bonds is 6. The Morgan fingerprint density at radius 3 is 2.52 bits per heavy atom. The quantitative estimate of drug-likeness (QED) is 0.302. The van der Waals surface area contributed by atoms with Crippen LogP contribution in [-0.4, -0.2) is 17.1 Å². The van der Waals surface area contributed by atoms with Gasteiger partial charge in [-0.05, 0) is 29.3 Å². The maximum absolute atomic E-state index is 12.9. The average molecular weight is 359 g/mol. The lowest BCUT2D eigenvalue weighted by Crippen LogP contribution is -2.08. The number of hydrogen-bond acceptors (Lipinski definition) is 2. The molecule has 0 aliphatic carbocycles. The molecule has 0 saturated carbocycles. The fourth-order valence-corrected chi connectivity index (χ4v) is 3.98. The lowest BCUT2D eigenvalue weighted by atomic mass is 10.00. The van der Waals surface area contributed by atoms with Crippen molar-refractivity contribution in [3.05, 3.63) is 60.2 Å². The molecule has 0 amide bonds. The number of esters is 1. The number of carbonyl (C=O) groups is 1. The summed E-state index contributed by atoms with van der Waals surface area (Å²) in [4.78, 5) is 12.9. The number of fused-ring (bicyclic) bond motifs is 5. The van der Waals surface area contributed by atoms with Gasteiger partial charge >= 0.3 is 5.97 Å². The summed E-state index contributed by atoms with van der Waals surface area (Å²) < 4.78 is 7.75. The van der Waals surface area contributed by atoms with Gasteiger partial charge < -0.3 is 9.30 Å². The van der Waals surface area contributed by atoms with Crippen molar-refractivity contribution in [2.45, 2.75) is 32.6 Å². The van der Waals surface area contributed by atoms with E-state index in [1.54, 1.807) is 0 Å². The molecule has 0 spiro atoms. The van der Waals surface area contributed by atoms with Gasteiger partial charge in [-0.3, -0.25) is 0 Å². The lowest BCUT2D eigenvalue weighted by molar-refractivity contribution is 0.0500. The van der Waals surface area contributed by atoms with Crippen LogP contribution in [0.3, 0.4) is 0 Å². The van der Waals surface area contributed by atoms with Crippen molar-refractivity contribution in [2.24, 2.45) is 7.05 Å². The summed E-state index contributed by atoms with van der Waals surface area (Å²) >= 11 is 0. The van der Waals surface area contributed by atoms with E-state index < -0.39 is 0 Å². The molecule has 0 aliphatic heterocycles. The van der Waals surface area contributed by atoms with Crippen molar-refractivity contribution in [3.8, 4) is 0 Å². The van der Waals surface area contributed by atoms with Gasteiger partial charge in [-0.15, -0.1) is 0 Å². The van der Waals surface area contributed by atoms with Crippen molar-refractivity contribution in [3.63, 3.8) is 0 Å². The zero-order valence-electron chi connectivity index (χ0n) is 16.0. The second kappa shape index (κ2) is 7.43. The number of carbonyl (C=O) groups excluding carboxylic acids is 1. The molecule has 27 heavy (non-hydrogen) atoms. The number of unbranched alkanes of at least 4 members (excludes halogenated alkanes) is 3. The highest BCUT2D eigenvalue weighted by molar-refractivity contribution is 6.25. The van der Waals surface area contributed by atoms with Crippen LogP contribution in [0.4, 0.5) is 0 Å². The minimum Gasteiger partial charge on any atom is -0.462 e. The zero-order valence-corrected chi connectivity index (χ0v) is 16.0. The van der Waals surface area contributed by atoms with Crippen LogP contribution in [0.1, 0.15) is 43.0 Å². The van der Waals surface area contributed by atoms with Crippen molar-refractivity contribution < 1.29 is 9.53 Å². The highest BCUT2D eigenvalue weighted by Crippen LogP contribution is 2.36. The molecule has 0 bridgehead atoms. The molecule has 3 nitrogen and oxygen atoms in total. The van der Waals surface area contributed by atoms with Crippen molar-refractivity contribution >= 4 is 38.5 Å². The minimum atomic E-state index is -0.229. The van der Waals surface area contributed by atoms with Crippen LogP contribution in [0.5, 0.6) is 0 Å². The first-order valence-corrected chi connectivity index (χ1v) is 9.78. The number of para-hydroxylation sites is 1. The Morgan fingerprint density at radius 1 is 0.963 bits per heavy atom. The van der Waals surface area contributed by atoms with Gasteiger partial charge in [0.15, 0.2) is 0 Å². The molecule has 0 aliphatic rings. The van der Waals surface area contributed by atoms with Crippen LogP contribution in [0.15, 0.2) is 54.6 Å². The molecule has 0 fully saturated rings. The second-order valence-electron chi connectivity index (χ2n) is 7.14. The smallest absolute Gasteiger partial charge is 0.340 e. The number of aromatic nitrogens is 1. The summed E-state index contributed by atoms with van der Waals surface area (Å²) in [6.45, 7) is 2.66. The number of aryl methyl sites for hydroxylation is 1. The minimum absolute atomic E-state index is 0.229. The Morgan fingerprint density at radius 2 is 1.70 bits per heavy atom. The van der Waals surface area contributed by atoms with Gasteiger partial charge in [0.05, 0.1) is 17.7 Å². The third kappa shape index (κ3) is 3.08. The number of ether oxygens (including phenoxy) is 1. The number of benzene rings is 3. The molecule has 3 aromatic carbocycles. The van der Waals surface area contributed by atoms with Gasteiger partial charge in [0.25, 0.3) is 0 Å². The maximum Gasteiger partial charge on any atom is 0.340 e. The first-order valence-electron chi connectivity index (χ1n) is 9.78. The van der Waals surface area contributed by atoms with E-state index >= 15 is 0 Å². The van der Waals surface area contributed by atoms with Crippen LogP contribution in [-0.2, 0) is 11.8 Å². The lowest BCUT2D eigenvalue weighted by Gasteiger charge is -2.10. The monoisotopic (exact) mass is 359 g/mol. The average Bonchev–Trinajstić information content (AvgIpc) is 3.01. The molecule has 4 aromatic rings. The summed E-state index contributed by atoms with van der Waals surface area (Å²) in [5.41, 5.74) is 2.73. The number of nitrogens with zero attached hydrogens (tertiary/aromatic N) is 1. The van der Waals surface area contributed by atoms with Crippen LogP contribution in [0.25, 0.3) is 32.6 Å². The van der Waals surface area contributed by atoms with E-state index in [1.165, 1.54) is 23.6 Å². The largest absolute Gasteiger partial charge is 0.462 e. The van der Waals surface area contributed by atoms with Crippen LogP contribution < -0.4 is 0 Å². The molecular formula is C24H25NO2. The Hall–Kier alpha value is -2.81. The standard InChI is InChI=1S/C24H25NO2/c1-3-4-5-10-15-27-24(26)20-16-17-11-6-7-12-18(17)22-19-13-8-9-14-21(19)25(2)23(20)22/h6-9,11-14,16H,3-5,10,15H2,1-2H3. The SMILES string of the molecule is CCCCCCOC(=O)c1cc2ccccc2c2c3ccccc3n(C)c12. The summed E-state index contributed by atoms with van der Waals surface area (Å²) in [6.07, 6.45) is 4.38. The van der Waals surface area contributed by atoms with E-state index in [0.717, 1.165) is 34.6 Å². The Kier molecular flexibility index (Phi) is 4.85. The van der Waals surface area contributed by atoms with Gasteiger partial charge in [0.2, 0.25) is 0 Å². The molecule has 1 aromatic heterocycles. The molecule has 138 valence electrons. The summed E-state index contributed by atoms with van der Waals surface area (Å²) in [5.74, 6) is -0.229. The molecular weight excluding hydrogens is 334 g/mol. The van der Waals surface area contributed by atoms with E-state index in [1.807, 2.05) is 25.2 Å². The summed E-state index contributed by atoms with van der Waals surface area (Å²) in [5, 5.41) is 4.54. The topological polar surface area (TPSA) is 31.2 Å². The summed E-state index contributed by atoms with van der Waals surface area (Å²) in [6, 6.07) is 18.6. The third-order valence-electron chi connectivity index (χ3n) is 5.34. The van der Waals surface area contributed by atoms with Crippen molar-refractivity contribution in [2.75, 3.05) is 6.61 Å². The molecule has 0 atom stereocenters. The second-order valence-corrected chi connectivity index (χ2v) is 7.14. The molecule has 1 heterocycles. The van der Waals surface area contributed by atoms with Gasteiger partial charge in [-0.1, -0.05) is 68.7 Å². The van der Waals surface area contributed by atoms with Crippen molar-refractivity contribution in [1.82, 2.24) is 4.57 Å². The highest BCUT2D eigenvalue weighted by Gasteiger charge is 2.20. The maximum atomic E-state index is 12.9.